The lowest BCUT2D eigenvalue weighted by Crippen LogP contribution is -2.45. The van der Waals surface area contributed by atoms with Gasteiger partial charge in [0.1, 0.15) is 13.2 Å². The van der Waals surface area contributed by atoms with E-state index in [0.717, 1.165) is 38.5 Å². The van der Waals surface area contributed by atoms with Crippen LogP contribution in [0.2, 0.25) is 0 Å². The number of hydrogen-bond acceptors (Lipinski definition) is 4. The van der Waals surface area contributed by atoms with Gasteiger partial charge in [-0.05, 0) is 38.5 Å². The molecule has 0 radical (unpaired) electrons. The van der Waals surface area contributed by atoms with Gasteiger partial charge in [0.15, 0.2) is 6.10 Å². The molecule has 0 fully saturated rings. The molecule has 0 spiro atoms. The Morgan fingerprint density at radius 3 is 1.23 bits per heavy atom. The molecular weight excluding hydrogens is 582 g/mol. The van der Waals surface area contributed by atoms with Gasteiger partial charge in [0.05, 0.1) is 21.1 Å². The summed E-state index contributed by atoms with van der Waals surface area (Å²) in [7, 11) is 6.12. The molecule has 0 bridgehead atoms. The largest absolute Gasteiger partial charge is 0.461 e. The van der Waals surface area contributed by atoms with Crippen molar-refractivity contribution in [2.45, 2.75) is 201 Å². The number of carbonyl (C=O) groups is 2. The van der Waals surface area contributed by atoms with E-state index in [1.807, 2.05) is 33.3 Å². The van der Waals surface area contributed by atoms with Crippen LogP contribution in [0.4, 0.5) is 0 Å². The Labute approximate surface area is 295 Å². The van der Waals surface area contributed by atoms with E-state index in [2.05, 4.69) is 40.9 Å². The first-order valence-electron chi connectivity index (χ1n) is 20.0. The summed E-state index contributed by atoms with van der Waals surface area (Å²) in [5, 5.41) is 0. The van der Waals surface area contributed by atoms with Gasteiger partial charge in [0.25, 0.3) is 0 Å². The topological polar surface area (TPSA) is 52.6 Å². The normalized spacial score (nSPS) is 11.4. The van der Waals surface area contributed by atoms with Gasteiger partial charge < -0.3 is 14.0 Å². The van der Waals surface area contributed by atoms with Crippen LogP contribution in [0.15, 0.2) is 25.3 Å². The number of hydrogen-bond donors (Lipinski definition) is 0. The molecule has 0 amide bonds. The maximum Gasteiger partial charge on any atom is 0.306 e. The third-order valence-corrected chi connectivity index (χ3v) is 7.97. The number of rotatable bonds is 31. The van der Waals surface area contributed by atoms with E-state index >= 15 is 0 Å². The van der Waals surface area contributed by atoms with Crippen molar-refractivity contribution in [3.8, 4) is 0 Å². The number of quaternary nitrogens is 1. The van der Waals surface area contributed by atoms with Gasteiger partial charge in [-0.3, -0.25) is 9.59 Å². The zero-order chi connectivity index (χ0) is 35.9. The monoisotopic (exact) mass is 667 g/mol. The number of allylic oxidation sites excluding steroid dienone is 2. The first-order chi connectivity index (χ1) is 22.6. The van der Waals surface area contributed by atoms with Crippen LogP contribution < -0.4 is 0 Å². The lowest BCUT2D eigenvalue weighted by atomic mass is 10.1. The van der Waals surface area contributed by atoms with Crippen LogP contribution in [0.25, 0.3) is 0 Å². The fourth-order valence-electron chi connectivity index (χ4n) is 5.12. The molecule has 0 aromatic rings. The Hall–Kier alpha value is -1.62. The molecule has 0 saturated carbocycles. The molecule has 1 unspecified atom stereocenters. The molecule has 0 N–H and O–H groups in total. The molecule has 0 rings (SSSR count). The molecule has 1 atom stereocenters. The molecule has 280 valence electrons. The number of carbonyl (C=O) groups excluding carboxylic acids is 2. The Morgan fingerprint density at radius 2 is 0.872 bits per heavy atom. The summed E-state index contributed by atoms with van der Waals surface area (Å²) in [4.78, 5) is 24.2. The molecule has 5 nitrogen and oxygen atoms in total. The highest BCUT2D eigenvalue weighted by Crippen LogP contribution is 2.11. The maximum absolute atomic E-state index is 12.2. The van der Waals surface area contributed by atoms with E-state index in [0.29, 0.717) is 23.9 Å². The van der Waals surface area contributed by atoms with Gasteiger partial charge in [-0.15, -0.1) is 13.2 Å². The van der Waals surface area contributed by atoms with E-state index in [-0.39, 0.29) is 24.6 Å². The molecule has 0 aliphatic heterocycles. The van der Waals surface area contributed by atoms with Crippen molar-refractivity contribution in [3.05, 3.63) is 25.3 Å². The van der Waals surface area contributed by atoms with Crippen molar-refractivity contribution in [3.63, 3.8) is 0 Å². The van der Waals surface area contributed by atoms with Gasteiger partial charge in [-0.25, -0.2) is 0 Å². The Bertz CT molecular complexity index is 664. The smallest absolute Gasteiger partial charge is 0.306 e. The minimum Gasteiger partial charge on any atom is -0.461 e. The average molecular weight is 667 g/mol. The van der Waals surface area contributed by atoms with Gasteiger partial charge in [-0.2, -0.15) is 0 Å². The summed E-state index contributed by atoms with van der Waals surface area (Å²) in [5.41, 5.74) is 0. The lowest BCUT2D eigenvalue weighted by Gasteiger charge is -2.28. The van der Waals surface area contributed by atoms with E-state index in [4.69, 9.17) is 9.47 Å². The van der Waals surface area contributed by atoms with Gasteiger partial charge in [0.2, 0.25) is 0 Å². The number of esters is 2. The Morgan fingerprint density at radius 1 is 0.532 bits per heavy atom. The van der Waals surface area contributed by atoms with Crippen LogP contribution in [0, 0.1) is 0 Å². The summed E-state index contributed by atoms with van der Waals surface area (Å²) in [6.07, 6.45) is 34.4. The molecule has 0 aliphatic carbocycles. The molecular formula is C42H84NO4+. The summed E-state index contributed by atoms with van der Waals surface area (Å²) in [6.45, 7) is 17.1. The number of likely N-dealkylation sites (N-methyl/N-ethyl adjacent to an activating group) is 1. The van der Waals surface area contributed by atoms with Gasteiger partial charge in [0, 0.05) is 12.8 Å². The molecule has 0 heterocycles. The van der Waals surface area contributed by atoms with E-state index in [1.54, 1.807) is 0 Å². The first-order valence-corrected chi connectivity index (χ1v) is 20.0. The predicted octanol–water partition coefficient (Wildman–Crippen LogP) is 12.7. The number of ether oxygens (including phenoxy) is 2. The van der Waals surface area contributed by atoms with Crippen molar-refractivity contribution in [2.24, 2.45) is 0 Å². The highest BCUT2D eigenvalue weighted by molar-refractivity contribution is 5.70. The van der Waals surface area contributed by atoms with Crippen molar-refractivity contribution in [2.75, 3.05) is 34.3 Å². The fourth-order valence-corrected chi connectivity index (χ4v) is 5.12. The molecule has 5 heteroatoms. The van der Waals surface area contributed by atoms with Crippen molar-refractivity contribution >= 4 is 11.9 Å². The number of unbranched alkanes of at least 4 members (excludes halogenated alkanes) is 20. The van der Waals surface area contributed by atoms with Crippen LogP contribution in [0.3, 0.4) is 0 Å². The molecule has 0 aromatic heterocycles. The first kappa shape index (κ1) is 49.8. The van der Waals surface area contributed by atoms with Crippen molar-refractivity contribution in [1.29, 1.82) is 0 Å². The summed E-state index contributed by atoms with van der Waals surface area (Å²) in [6, 6.07) is 0. The molecule has 0 aliphatic rings. The average Bonchev–Trinajstić information content (AvgIpc) is 3.03. The third-order valence-electron chi connectivity index (χ3n) is 7.97. The summed E-state index contributed by atoms with van der Waals surface area (Å²) >= 11 is 0. The molecule has 47 heavy (non-hydrogen) atoms. The van der Waals surface area contributed by atoms with Gasteiger partial charge in [-0.1, -0.05) is 155 Å². The lowest BCUT2D eigenvalue weighted by molar-refractivity contribution is -0.873. The zero-order valence-electron chi connectivity index (χ0n) is 33.0. The second-order valence-electron chi connectivity index (χ2n) is 14.3. The fraction of sp³-hybridized carbons (Fsp3) is 0.857. The second-order valence-corrected chi connectivity index (χ2v) is 14.3. The van der Waals surface area contributed by atoms with Crippen molar-refractivity contribution < 1.29 is 23.5 Å². The van der Waals surface area contributed by atoms with Crippen LogP contribution in [0.5, 0.6) is 0 Å². The minimum atomic E-state index is -0.390. The van der Waals surface area contributed by atoms with Crippen LogP contribution in [-0.4, -0.2) is 56.8 Å². The molecule has 0 aromatic carbocycles. The van der Waals surface area contributed by atoms with E-state index in [9.17, 15) is 9.59 Å². The highest BCUT2D eigenvalue weighted by atomic mass is 16.6. The van der Waals surface area contributed by atoms with E-state index in [1.165, 1.54) is 116 Å². The molecule has 0 saturated heterocycles. The quantitative estimate of drug-likeness (QED) is 0.0320. The Balaban J connectivity index is -0.000000870. The maximum atomic E-state index is 12.2. The summed E-state index contributed by atoms with van der Waals surface area (Å²) < 4.78 is 11.7. The predicted molar refractivity (Wildman–Crippen MR) is 207 cm³/mol. The summed E-state index contributed by atoms with van der Waals surface area (Å²) in [5.74, 6) is -0.381. The standard InChI is InChI=1S/C24H46NO4.C10H20.C8H18/c1-6-8-10-12-13-15-17-19-24(27)29-22(20-25(3,4)5)21-28-23(26)18-16-14-11-9-7-2;1-3-5-7-9-10-8-6-4-2;1-3-5-7-8-6-4-2/h6,22H,1,7-21H2,2-5H3;3H,1,4-10H2,2H3;3-8H2,1-2H3/q+1;;. The van der Waals surface area contributed by atoms with Crippen molar-refractivity contribution in [1.82, 2.24) is 0 Å². The minimum absolute atomic E-state index is 0.149. The van der Waals surface area contributed by atoms with Crippen LogP contribution >= 0.6 is 0 Å². The van der Waals surface area contributed by atoms with Gasteiger partial charge >= 0.3 is 11.9 Å². The third kappa shape index (κ3) is 48.9. The zero-order valence-corrected chi connectivity index (χ0v) is 33.0. The SMILES string of the molecule is C=CCCCCCCCC.C=CCCCCCCCC(=O)OC(COC(=O)CCCCCCC)C[N+](C)(C)C.CCCCCCCC. The number of nitrogens with zero attached hydrogens (tertiary/aromatic N) is 1. The van der Waals surface area contributed by atoms with Crippen LogP contribution in [0.1, 0.15) is 195 Å². The Kier molecular flexibility index (Phi) is 42.9. The second kappa shape index (κ2) is 40.6. The highest BCUT2D eigenvalue weighted by Gasteiger charge is 2.23. The van der Waals surface area contributed by atoms with E-state index < -0.39 is 0 Å². The van der Waals surface area contributed by atoms with Crippen LogP contribution in [-0.2, 0) is 19.1 Å².